The number of aldehydes is 2. The Morgan fingerprint density at radius 3 is 2.80 bits per heavy atom. The molecule has 0 aromatic heterocycles. The molecule has 3 rings (SSSR count). The summed E-state index contributed by atoms with van der Waals surface area (Å²) in [6, 6.07) is 0. The molecule has 0 N–H and O–H groups in total. The van der Waals surface area contributed by atoms with Gasteiger partial charge >= 0.3 is 0 Å². The van der Waals surface area contributed by atoms with Gasteiger partial charge in [-0.3, -0.25) is 4.79 Å². The summed E-state index contributed by atoms with van der Waals surface area (Å²) >= 11 is 0. The molecular formula is C13H16O2. The van der Waals surface area contributed by atoms with Crippen LogP contribution < -0.4 is 0 Å². The molecule has 2 fully saturated rings. The van der Waals surface area contributed by atoms with E-state index in [-0.39, 0.29) is 5.41 Å². The van der Waals surface area contributed by atoms with Gasteiger partial charge in [0.2, 0.25) is 0 Å². The maximum absolute atomic E-state index is 11.2. The molecule has 4 atom stereocenters. The first-order chi connectivity index (χ1) is 7.31. The van der Waals surface area contributed by atoms with Crippen molar-refractivity contribution in [2.45, 2.75) is 32.1 Å². The molecule has 0 bridgehead atoms. The van der Waals surface area contributed by atoms with Gasteiger partial charge in [0.25, 0.3) is 0 Å². The van der Waals surface area contributed by atoms with Gasteiger partial charge in [0.15, 0.2) is 0 Å². The van der Waals surface area contributed by atoms with Crippen molar-refractivity contribution in [1.82, 2.24) is 0 Å². The molecule has 2 nitrogen and oxygen atoms in total. The number of allylic oxidation sites excluding steroid dienone is 2. The van der Waals surface area contributed by atoms with Gasteiger partial charge < -0.3 is 4.79 Å². The molecule has 80 valence electrons. The second kappa shape index (κ2) is 3.03. The molecule has 2 saturated carbocycles. The number of carbonyl (C=O) groups excluding carboxylic acids is 2. The maximum atomic E-state index is 11.2. The van der Waals surface area contributed by atoms with Crippen molar-refractivity contribution >= 4 is 12.6 Å². The first kappa shape index (κ1) is 9.32. The SMILES string of the molecule is O=CC1=C[C@H]2CCCC[C@@H]2[C@H]2C[C@@]12C=O. The highest BCUT2D eigenvalue weighted by Crippen LogP contribution is 2.65. The minimum Gasteiger partial charge on any atom is -0.302 e. The van der Waals surface area contributed by atoms with Crippen LogP contribution in [0.1, 0.15) is 32.1 Å². The van der Waals surface area contributed by atoms with Crippen LogP contribution in [0.15, 0.2) is 11.6 Å². The van der Waals surface area contributed by atoms with Crippen LogP contribution in [0.5, 0.6) is 0 Å². The Morgan fingerprint density at radius 1 is 1.27 bits per heavy atom. The van der Waals surface area contributed by atoms with Crippen LogP contribution in [0.25, 0.3) is 0 Å². The Balaban J connectivity index is 1.98. The molecular weight excluding hydrogens is 188 g/mol. The second-order valence-corrected chi connectivity index (χ2v) is 5.32. The molecule has 0 aliphatic heterocycles. The van der Waals surface area contributed by atoms with E-state index in [1.54, 1.807) is 0 Å². The van der Waals surface area contributed by atoms with Crippen molar-refractivity contribution in [2.24, 2.45) is 23.2 Å². The Kier molecular flexibility index (Phi) is 1.88. The first-order valence-corrected chi connectivity index (χ1v) is 5.95. The van der Waals surface area contributed by atoms with Crippen LogP contribution >= 0.6 is 0 Å². The summed E-state index contributed by atoms with van der Waals surface area (Å²) in [5.41, 5.74) is 0.436. The minimum atomic E-state index is -0.347. The van der Waals surface area contributed by atoms with E-state index in [1.807, 2.05) is 0 Å². The molecule has 0 unspecified atom stereocenters. The monoisotopic (exact) mass is 204 g/mol. The van der Waals surface area contributed by atoms with Gasteiger partial charge in [-0.25, -0.2) is 0 Å². The Hall–Kier alpha value is -0.920. The van der Waals surface area contributed by atoms with Crippen molar-refractivity contribution in [3.05, 3.63) is 11.6 Å². The van der Waals surface area contributed by atoms with Gasteiger partial charge in [-0.1, -0.05) is 18.9 Å². The smallest absolute Gasteiger partial charge is 0.146 e. The Morgan fingerprint density at radius 2 is 2.07 bits per heavy atom. The van der Waals surface area contributed by atoms with Crippen molar-refractivity contribution < 1.29 is 9.59 Å². The lowest BCUT2D eigenvalue weighted by Crippen LogP contribution is -2.29. The standard InChI is InChI=1S/C13H16O2/c14-7-10-5-9-3-1-2-4-11(9)12-6-13(10,12)8-15/h5,7-9,11-12H,1-4,6H2/t9-,11+,12-,13-/m1/s1. The second-order valence-electron chi connectivity index (χ2n) is 5.32. The molecule has 0 amide bonds. The molecule has 3 aliphatic rings. The molecule has 0 saturated heterocycles. The van der Waals surface area contributed by atoms with Gasteiger partial charge in [0.1, 0.15) is 12.6 Å². The predicted octanol–water partition coefficient (Wildman–Crippen LogP) is 2.14. The third kappa shape index (κ3) is 1.11. The van der Waals surface area contributed by atoms with E-state index in [2.05, 4.69) is 6.08 Å². The van der Waals surface area contributed by atoms with Crippen molar-refractivity contribution in [1.29, 1.82) is 0 Å². The molecule has 2 heteroatoms. The van der Waals surface area contributed by atoms with Crippen LogP contribution in [-0.4, -0.2) is 12.6 Å². The Labute approximate surface area is 89.7 Å². The van der Waals surface area contributed by atoms with Gasteiger partial charge in [0.05, 0.1) is 5.41 Å². The van der Waals surface area contributed by atoms with Crippen LogP contribution in [-0.2, 0) is 9.59 Å². The number of hydrogen-bond donors (Lipinski definition) is 0. The van der Waals surface area contributed by atoms with E-state index in [0.717, 1.165) is 24.6 Å². The fourth-order valence-corrected chi connectivity index (χ4v) is 3.80. The molecule has 15 heavy (non-hydrogen) atoms. The first-order valence-electron chi connectivity index (χ1n) is 5.95. The summed E-state index contributed by atoms with van der Waals surface area (Å²) in [4.78, 5) is 22.2. The van der Waals surface area contributed by atoms with Crippen LogP contribution in [0.3, 0.4) is 0 Å². The lowest BCUT2D eigenvalue weighted by Gasteiger charge is -2.35. The third-order valence-electron chi connectivity index (χ3n) is 4.72. The van der Waals surface area contributed by atoms with Crippen molar-refractivity contribution in [2.75, 3.05) is 0 Å². The normalized spacial score (nSPS) is 47.2. The highest BCUT2D eigenvalue weighted by atomic mass is 16.1. The lowest BCUT2D eigenvalue weighted by atomic mass is 9.69. The summed E-state index contributed by atoms with van der Waals surface area (Å²) in [5.74, 6) is 1.76. The molecule has 0 spiro atoms. The van der Waals surface area contributed by atoms with Gasteiger partial charge in [-0.05, 0) is 37.0 Å². The predicted molar refractivity (Wildman–Crippen MR) is 56.2 cm³/mol. The van der Waals surface area contributed by atoms with E-state index in [4.69, 9.17) is 0 Å². The van der Waals surface area contributed by atoms with E-state index in [0.29, 0.717) is 17.8 Å². The van der Waals surface area contributed by atoms with Crippen molar-refractivity contribution in [3.8, 4) is 0 Å². The summed E-state index contributed by atoms with van der Waals surface area (Å²) in [7, 11) is 0. The van der Waals surface area contributed by atoms with E-state index in [9.17, 15) is 9.59 Å². The van der Waals surface area contributed by atoms with Crippen molar-refractivity contribution in [3.63, 3.8) is 0 Å². The summed E-state index contributed by atoms with van der Waals surface area (Å²) < 4.78 is 0. The minimum absolute atomic E-state index is 0.347. The average Bonchev–Trinajstić information content (AvgIpc) is 3.04. The number of carbonyl (C=O) groups is 2. The average molecular weight is 204 g/mol. The largest absolute Gasteiger partial charge is 0.302 e. The number of hydrogen-bond acceptors (Lipinski definition) is 2. The van der Waals surface area contributed by atoms with Gasteiger partial charge in [0, 0.05) is 5.57 Å². The highest BCUT2D eigenvalue weighted by Gasteiger charge is 2.63. The van der Waals surface area contributed by atoms with E-state index < -0.39 is 0 Å². The topological polar surface area (TPSA) is 34.1 Å². The van der Waals surface area contributed by atoms with Crippen LogP contribution in [0, 0.1) is 23.2 Å². The third-order valence-corrected chi connectivity index (χ3v) is 4.72. The number of rotatable bonds is 2. The van der Waals surface area contributed by atoms with Gasteiger partial charge in [-0.2, -0.15) is 0 Å². The van der Waals surface area contributed by atoms with Gasteiger partial charge in [-0.15, -0.1) is 0 Å². The summed E-state index contributed by atoms with van der Waals surface area (Å²) in [5, 5.41) is 0. The zero-order valence-electron chi connectivity index (χ0n) is 8.82. The molecule has 0 heterocycles. The zero-order valence-corrected chi connectivity index (χ0v) is 8.82. The van der Waals surface area contributed by atoms with E-state index in [1.165, 1.54) is 25.7 Å². The number of fused-ring (bicyclic) bond motifs is 3. The molecule has 3 aliphatic carbocycles. The summed E-state index contributed by atoms with van der Waals surface area (Å²) in [6.07, 6.45) is 10.0. The zero-order chi connectivity index (χ0) is 10.5. The van der Waals surface area contributed by atoms with Crippen LogP contribution in [0.4, 0.5) is 0 Å². The molecule has 0 radical (unpaired) electrons. The highest BCUT2D eigenvalue weighted by molar-refractivity contribution is 5.88. The Bertz CT molecular complexity index is 344. The quantitative estimate of drug-likeness (QED) is 0.646. The van der Waals surface area contributed by atoms with E-state index >= 15 is 0 Å². The fraction of sp³-hybridized carbons (Fsp3) is 0.692. The van der Waals surface area contributed by atoms with Crippen LogP contribution in [0.2, 0.25) is 0 Å². The molecule has 0 aromatic carbocycles. The maximum Gasteiger partial charge on any atom is 0.146 e. The molecule has 0 aromatic rings. The lowest BCUT2D eigenvalue weighted by molar-refractivity contribution is -0.114. The summed E-state index contributed by atoms with van der Waals surface area (Å²) in [6.45, 7) is 0. The fourth-order valence-electron chi connectivity index (χ4n) is 3.80.